The molecular weight excluding hydrogens is 512 g/mol. The molecule has 0 spiro atoms. The zero-order valence-electron chi connectivity index (χ0n) is 20.8. The number of aromatic nitrogens is 2. The summed E-state index contributed by atoms with van der Waals surface area (Å²) in [5.74, 6) is 0.559. The molecule has 0 bridgehead atoms. The summed E-state index contributed by atoms with van der Waals surface area (Å²) in [5, 5.41) is 13.7. The number of pyridine rings is 1. The third kappa shape index (κ3) is 5.40. The Balaban J connectivity index is 1.49. The van der Waals surface area contributed by atoms with E-state index in [1.54, 1.807) is 7.11 Å². The number of thioether (sulfide) groups is 1. The van der Waals surface area contributed by atoms with Crippen LogP contribution in [0.25, 0.3) is 32.6 Å². The van der Waals surface area contributed by atoms with Crippen LogP contribution >= 0.6 is 23.1 Å². The van der Waals surface area contributed by atoms with E-state index in [9.17, 15) is 10.1 Å². The number of hydrogen-bond donors (Lipinski definition) is 1. The molecule has 0 saturated carbocycles. The Morgan fingerprint density at radius 3 is 2.39 bits per heavy atom. The van der Waals surface area contributed by atoms with Gasteiger partial charge in [0.2, 0.25) is 5.91 Å². The van der Waals surface area contributed by atoms with Crippen LogP contribution in [0.15, 0.2) is 90.0 Å². The number of rotatable bonds is 8. The number of methoxy groups -OCH3 is 1. The Kier molecular flexibility index (Phi) is 7.68. The van der Waals surface area contributed by atoms with Crippen LogP contribution in [0.2, 0.25) is 0 Å². The van der Waals surface area contributed by atoms with Crippen molar-refractivity contribution in [3.8, 4) is 34.2 Å². The largest absolute Gasteiger partial charge is 0.497 e. The molecule has 38 heavy (non-hydrogen) atoms. The second kappa shape index (κ2) is 11.5. The van der Waals surface area contributed by atoms with Crippen LogP contribution < -0.4 is 10.1 Å². The molecular formula is C30H24N4O2S2. The van der Waals surface area contributed by atoms with Crippen LogP contribution in [0.1, 0.15) is 18.9 Å². The van der Waals surface area contributed by atoms with Crippen LogP contribution in [-0.2, 0) is 4.79 Å². The fourth-order valence-corrected chi connectivity index (χ4v) is 5.97. The molecule has 0 fully saturated rings. The quantitative estimate of drug-likeness (QED) is 0.208. The maximum Gasteiger partial charge on any atom is 0.239 e. The Hall–Kier alpha value is -4.19. The van der Waals surface area contributed by atoms with Crippen molar-refractivity contribution in [3.63, 3.8) is 0 Å². The molecule has 5 rings (SSSR count). The Morgan fingerprint density at radius 1 is 1.03 bits per heavy atom. The predicted molar refractivity (Wildman–Crippen MR) is 155 cm³/mol. The van der Waals surface area contributed by atoms with Crippen LogP contribution in [0.3, 0.4) is 0 Å². The molecule has 188 valence electrons. The van der Waals surface area contributed by atoms with Crippen molar-refractivity contribution in [3.05, 3.63) is 90.5 Å². The number of anilines is 1. The number of benzene rings is 3. The zero-order chi connectivity index (χ0) is 26.5. The molecule has 0 aliphatic rings. The van der Waals surface area contributed by atoms with Crippen molar-refractivity contribution < 1.29 is 9.53 Å². The summed E-state index contributed by atoms with van der Waals surface area (Å²) >= 11 is 2.71. The third-order valence-electron chi connectivity index (χ3n) is 6.00. The number of thiazole rings is 1. The summed E-state index contributed by atoms with van der Waals surface area (Å²) in [6, 6.07) is 29.6. The van der Waals surface area contributed by atoms with Gasteiger partial charge in [-0.1, -0.05) is 90.7 Å². The molecule has 1 unspecified atom stereocenters. The van der Waals surface area contributed by atoms with Gasteiger partial charge in [0.1, 0.15) is 16.8 Å². The molecule has 6 nitrogen and oxygen atoms in total. The lowest BCUT2D eigenvalue weighted by Crippen LogP contribution is -2.24. The average molecular weight is 537 g/mol. The van der Waals surface area contributed by atoms with Gasteiger partial charge in [-0.25, -0.2) is 9.97 Å². The summed E-state index contributed by atoms with van der Waals surface area (Å²) in [6.07, 6.45) is 0.554. The van der Waals surface area contributed by atoms with Gasteiger partial charge < -0.3 is 10.1 Å². The maximum absolute atomic E-state index is 13.4. The average Bonchev–Trinajstić information content (AvgIpc) is 3.37. The molecule has 1 atom stereocenters. The summed E-state index contributed by atoms with van der Waals surface area (Å²) in [5.41, 5.74) is 4.66. The van der Waals surface area contributed by atoms with E-state index in [2.05, 4.69) is 16.4 Å². The first-order valence-corrected chi connectivity index (χ1v) is 13.8. The van der Waals surface area contributed by atoms with Gasteiger partial charge >= 0.3 is 0 Å². The van der Waals surface area contributed by atoms with E-state index in [-0.39, 0.29) is 5.91 Å². The summed E-state index contributed by atoms with van der Waals surface area (Å²) < 4.78 is 6.22. The minimum absolute atomic E-state index is 0.180. The number of carbonyl (C=O) groups excluding carboxylic acids is 1. The fraction of sp³-hybridized carbons (Fsp3) is 0.133. The topological polar surface area (TPSA) is 87.9 Å². The molecule has 1 amide bonds. The highest BCUT2D eigenvalue weighted by Gasteiger charge is 2.24. The van der Waals surface area contributed by atoms with E-state index in [4.69, 9.17) is 9.72 Å². The smallest absolute Gasteiger partial charge is 0.239 e. The standard InChI is InChI=1S/C30H24N4O2S2/c1-3-26(28(35)34-30-33-24-15-14-21(36-2)16-27(24)38-30)37-29-23(18-31)22(19-10-6-4-7-11-19)17-25(32-29)20-12-8-5-9-13-20/h4-17,26H,3H2,1-2H3,(H,33,34,35). The number of ether oxygens (including phenoxy) is 1. The van der Waals surface area contributed by atoms with E-state index < -0.39 is 5.25 Å². The van der Waals surface area contributed by atoms with Crippen LogP contribution in [0.4, 0.5) is 5.13 Å². The van der Waals surface area contributed by atoms with E-state index >= 15 is 0 Å². The lowest BCUT2D eigenvalue weighted by molar-refractivity contribution is -0.115. The van der Waals surface area contributed by atoms with Gasteiger partial charge in [0.25, 0.3) is 0 Å². The third-order valence-corrected chi connectivity index (χ3v) is 8.28. The first kappa shape index (κ1) is 25.5. The number of carbonyl (C=O) groups is 1. The molecule has 0 radical (unpaired) electrons. The normalized spacial score (nSPS) is 11.6. The lowest BCUT2D eigenvalue weighted by atomic mass is 9.99. The van der Waals surface area contributed by atoms with Crippen molar-refractivity contribution in [1.29, 1.82) is 5.26 Å². The van der Waals surface area contributed by atoms with E-state index in [0.29, 0.717) is 22.1 Å². The molecule has 2 heterocycles. The highest BCUT2D eigenvalue weighted by Crippen LogP contribution is 2.37. The van der Waals surface area contributed by atoms with Crippen molar-refractivity contribution in [2.75, 3.05) is 12.4 Å². The lowest BCUT2D eigenvalue weighted by Gasteiger charge is -2.17. The van der Waals surface area contributed by atoms with Gasteiger partial charge in [0.05, 0.1) is 33.8 Å². The van der Waals surface area contributed by atoms with Crippen molar-refractivity contribution in [2.24, 2.45) is 0 Å². The molecule has 0 saturated heterocycles. The molecule has 3 aromatic carbocycles. The van der Waals surface area contributed by atoms with Crippen molar-refractivity contribution in [1.82, 2.24) is 9.97 Å². The van der Waals surface area contributed by atoms with Gasteiger partial charge in [-0.05, 0) is 36.2 Å². The summed E-state index contributed by atoms with van der Waals surface area (Å²) in [6.45, 7) is 1.95. The van der Waals surface area contributed by atoms with Crippen molar-refractivity contribution in [2.45, 2.75) is 23.6 Å². The predicted octanol–water partition coefficient (Wildman–Crippen LogP) is 7.41. The Bertz CT molecular complexity index is 1630. The van der Waals surface area contributed by atoms with Gasteiger partial charge in [-0.2, -0.15) is 5.26 Å². The number of amides is 1. The number of nitriles is 1. The van der Waals surface area contributed by atoms with Gasteiger partial charge in [0, 0.05) is 11.1 Å². The van der Waals surface area contributed by atoms with Crippen molar-refractivity contribution >= 4 is 44.4 Å². The molecule has 5 aromatic rings. The molecule has 2 aromatic heterocycles. The second-order valence-electron chi connectivity index (χ2n) is 8.44. The minimum Gasteiger partial charge on any atom is -0.497 e. The number of fused-ring (bicyclic) bond motifs is 1. The van der Waals surface area contributed by atoms with E-state index in [1.165, 1.54) is 23.1 Å². The van der Waals surface area contributed by atoms with Gasteiger partial charge in [-0.3, -0.25) is 4.79 Å². The van der Waals surface area contributed by atoms with E-state index in [1.807, 2.05) is 91.9 Å². The monoisotopic (exact) mass is 536 g/mol. The Labute approximate surface area is 229 Å². The first-order valence-electron chi connectivity index (χ1n) is 12.1. The minimum atomic E-state index is -0.467. The number of nitrogens with one attached hydrogen (secondary N) is 1. The zero-order valence-corrected chi connectivity index (χ0v) is 22.5. The first-order chi connectivity index (χ1) is 18.6. The van der Waals surface area contributed by atoms with E-state index in [0.717, 1.165) is 38.4 Å². The fourth-order valence-electron chi connectivity index (χ4n) is 4.05. The summed E-state index contributed by atoms with van der Waals surface area (Å²) in [7, 11) is 1.62. The van der Waals surface area contributed by atoms with Gasteiger partial charge in [0.15, 0.2) is 5.13 Å². The summed E-state index contributed by atoms with van der Waals surface area (Å²) in [4.78, 5) is 22.8. The highest BCUT2D eigenvalue weighted by molar-refractivity contribution is 8.00. The highest BCUT2D eigenvalue weighted by atomic mass is 32.2. The number of nitrogens with zero attached hydrogens (tertiary/aromatic N) is 3. The molecule has 0 aliphatic carbocycles. The molecule has 1 N–H and O–H groups in total. The van der Waals surface area contributed by atoms with Crippen LogP contribution in [0.5, 0.6) is 5.75 Å². The van der Waals surface area contributed by atoms with Crippen LogP contribution in [-0.4, -0.2) is 28.2 Å². The molecule has 0 aliphatic heterocycles. The second-order valence-corrected chi connectivity index (χ2v) is 10.7. The molecule has 8 heteroatoms. The van der Waals surface area contributed by atoms with Crippen LogP contribution in [0, 0.1) is 11.3 Å². The Morgan fingerprint density at radius 2 is 1.74 bits per heavy atom. The number of hydrogen-bond acceptors (Lipinski definition) is 7. The van der Waals surface area contributed by atoms with Gasteiger partial charge in [-0.15, -0.1) is 0 Å². The maximum atomic E-state index is 13.4. The SMILES string of the molecule is CCC(Sc1nc(-c2ccccc2)cc(-c2ccccc2)c1C#N)C(=O)Nc1nc2ccc(OC)cc2s1.